The van der Waals surface area contributed by atoms with Gasteiger partial charge in [-0.2, -0.15) is 0 Å². The van der Waals surface area contributed by atoms with Gasteiger partial charge in [0.1, 0.15) is 5.82 Å². The predicted octanol–water partition coefficient (Wildman–Crippen LogP) is 3.72. The van der Waals surface area contributed by atoms with Crippen LogP contribution in [0.25, 0.3) is 0 Å². The molecule has 0 aliphatic rings. The van der Waals surface area contributed by atoms with Gasteiger partial charge in [0.05, 0.1) is 0 Å². The molecule has 0 aliphatic carbocycles. The van der Waals surface area contributed by atoms with E-state index in [-0.39, 0.29) is 11.2 Å². The van der Waals surface area contributed by atoms with E-state index in [0.717, 1.165) is 12.0 Å². The molecule has 0 nitrogen and oxygen atoms in total. The van der Waals surface area contributed by atoms with Gasteiger partial charge in [-0.25, -0.2) is 4.39 Å². The minimum Gasteiger partial charge on any atom is -0.207 e. The Kier molecular flexibility index (Phi) is 2.74. The molecule has 1 rings (SSSR count). The quantitative estimate of drug-likeness (QED) is 0.618. The van der Waals surface area contributed by atoms with Crippen LogP contribution < -0.4 is 0 Å². The molecule has 0 amide bonds. The number of aryl methyl sites for hydroxylation is 1. The van der Waals surface area contributed by atoms with Crippen molar-refractivity contribution in [3.8, 4) is 0 Å². The van der Waals surface area contributed by atoms with Crippen molar-refractivity contribution in [2.45, 2.75) is 34.1 Å². The third-order valence-corrected chi connectivity index (χ3v) is 2.03. The van der Waals surface area contributed by atoms with Crippen LogP contribution in [0.5, 0.6) is 0 Å². The summed E-state index contributed by atoms with van der Waals surface area (Å²) in [5.74, 6) is -0.143. The van der Waals surface area contributed by atoms with Crippen molar-refractivity contribution in [3.05, 3.63) is 35.1 Å². The molecule has 0 N–H and O–H groups in total. The van der Waals surface area contributed by atoms with Crippen molar-refractivity contribution < 1.29 is 4.39 Å². The Morgan fingerprint density at radius 1 is 1.23 bits per heavy atom. The topological polar surface area (TPSA) is 0 Å². The van der Waals surface area contributed by atoms with Crippen molar-refractivity contribution in [1.82, 2.24) is 0 Å². The third kappa shape index (κ3) is 3.17. The first-order valence-electron chi connectivity index (χ1n) is 4.63. The van der Waals surface area contributed by atoms with Gasteiger partial charge in [0.25, 0.3) is 0 Å². The third-order valence-electron chi connectivity index (χ3n) is 2.03. The summed E-state index contributed by atoms with van der Waals surface area (Å²) in [6.07, 6.45) is 0.999. The fraction of sp³-hybridized carbons (Fsp3) is 0.500. The van der Waals surface area contributed by atoms with E-state index in [1.165, 1.54) is 11.6 Å². The van der Waals surface area contributed by atoms with Gasteiger partial charge in [-0.05, 0) is 42.0 Å². The summed E-state index contributed by atoms with van der Waals surface area (Å²) in [4.78, 5) is 0. The second-order valence-electron chi connectivity index (χ2n) is 4.81. The van der Waals surface area contributed by atoms with Crippen LogP contribution in [0, 0.1) is 18.2 Å². The summed E-state index contributed by atoms with van der Waals surface area (Å²) >= 11 is 0. The average Bonchev–Trinajstić information content (AvgIpc) is 1.93. The molecule has 72 valence electrons. The second kappa shape index (κ2) is 3.49. The van der Waals surface area contributed by atoms with Crippen LogP contribution in [0.2, 0.25) is 0 Å². The molecule has 0 saturated carbocycles. The molecule has 0 atom stereocenters. The number of rotatable bonds is 1. The average molecular weight is 180 g/mol. The zero-order chi connectivity index (χ0) is 10.1. The lowest BCUT2D eigenvalue weighted by molar-refractivity contribution is 0.410. The summed E-state index contributed by atoms with van der Waals surface area (Å²) in [5, 5.41) is 0. The highest BCUT2D eigenvalue weighted by Crippen LogP contribution is 2.22. The molecule has 1 heteroatoms. The van der Waals surface area contributed by atoms with E-state index in [1.54, 1.807) is 6.07 Å². The molecular weight excluding hydrogens is 163 g/mol. The maximum Gasteiger partial charge on any atom is 0.123 e. The molecule has 0 saturated heterocycles. The fourth-order valence-corrected chi connectivity index (χ4v) is 1.43. The summed E-state index contributed by atoms with van der Waals surface area (Å²) in [5.41, 5.74) is 2.56. The molecule has 0 unspecified atom stereocenters. The first-order valence-corrected chi connectivity index (χ1v) is 4.63. The smallest absolute Gasteiger partial charge is 0.123 e. The lowest BCUT2D eigenvalue weighted by atomic mass is 9.86. The molecule has 13 heavy (non-hydrogen) atoms. The molecule has 0 aliphatic heterocycles. The predicted molar refractivity (Wildman–Crippen MR) is 54.3 cm³/mol. The highest BCUT2D eigenvalue weighted by molar-refractivity contribution is 5.27. The van der Waals surface area contributed by atoms with E-state index in [9.17, 15) is 4.39 Å². The van der Waals surface area contributed by atoms with Crippen molar-refractivity contribution in [2.75, 3.05) is 0 Å². The fourth-order valence-electron chi connectivity index (χ4n) is 1.43. The van der Waals surface area contributed by atoms with Gasteiger partial charge in [0, 0.05) is 0 Å². The maximum absolute atomic E-state index is 12.8. The van der Waals surface area contributed by atoms with E-state index >= 15 is 0 Å². The van der Waals surface area contributed by atoms with Gasteiger partial charge < -0.3 is 0 Å². The van der Waals surface area contributed by atoms with Gasteiger partial charge in [-0.1, -0.05) is 26.8 Å². The van der Waals surface area contributed by atoms with Crippen LogP contribution in [0.1, 0.15) is 31.9 Å². The summed E-state index contributed by atoms with van der Waals surface area (Å²) in [7, 11) is 0. The Bertz CT molecular complexity index is 294. The van der Waals surface area contributed by atoms with Crippen LogP contribution >= 0.6 is 0 Å². The van der Waals surface area contributed by atoms with E-state index < -0.39 is 0 Å². The van der Waals surface area contributed by atoms with Gasteiger partial charge in [-0.15, -0.1) is 0 Å². The zero-order valence-electron chi connectivity index (χ0n) is 8.82. The minimum absolute atomic E-state index is 0.143. The number of benzene rings is 1. The Labute approximate surface area is 79.8 Å². The van der Waals surface area contributed by atoms with Crippen LogP contribution in [-0.2, 0) is 6.42 Å². The Balaban J connectivity index is 2.90. The van der Waals surface area contributed by atoms with Crippen molar-refractivity contribution >= 4 is 0 Å². The molecular formula is C12H17F. The van der Waals surface area contributed by atoms with Crippen molar-refractivity contribution in [3.63, 3.8) is 0 Å². The maximum atomic E-state index is 12.8. The van der Waals surface area contributed by atoms with Crippen molar-refractivity contribution in [1.29, 1.82) is 0 Å². The van der Waals surface area contributed by atoms with E-state index in [1.807, 2.05) is 13.0 Å². The Morgan fingerprint density at radius 3 is 2.31 bits per heavy atom. The molecule has 1 aromatic rings. The first-order chi connectivity index (χ1) is 5.88. The van der Waals surface area contributed by atoms with Crippen molar-refractivity contribution in [2.24, 2.45) is 5.41 Å². The van der Waals surface area contributed by atoms with Crippen LogP contribution in [0.15, 0.2) is 18.2 Å². The van der Waals surface area contributed by atoms with Crippen LogP contribution in [0.3, 0.4) is 0 Å². The van der Waals surface area contributed by atoms with Gasteiger partial charge >= 0.3 is 0 Å². The van der Waals surface area contributed by atoms with Gasteiger partial charge in [0.2, 0.25) is 0 Å². The summed E-state index contributed by atoms with van der Waals surface area (Å²) in [6, 6.07) is 5.02. The number of hydrogen-bond donors (Lipinski definition) is 0. The SMILES string of the molecule is Cc1cc(F)ccc1CC(C)(C)C. The van der Waals surface area contributed by atoms with Gasteiger partial charge in [-0.3, -0.25) is 0 Å². The highest BCUT2D eigenvalue weighted by atomic mass is 19.1. The standard InChI is InChI=1S/C12H17F/c1-9-7-11(13)6-5-10(9)8-12(2,3)4/h5-7H,8H2,1-4H3. The zero-order valence-corrected chi connectivity index (χ0v) is 8.82. The van der Waals surface area contributed by atoms with E-state index in [0.29, 0.717) is 0 Å². The molecule has 0 aromatic heterocycles. The molecule has 0 bridgehead atoms. The summed E-state index contributed by atoms with van der Waals surface area (Å²) in [6.45, 7) is 8.53. The molecule has 0 heterocycles. The number of hydrogen-bond acceptors (Lipinski definition) is 0. The molecule has 0 fully saturated rings. The first kappa shape index (κ1) is 10.2. The second-order valence-corrected chi connectivity index (χ2v) is 4.81. The molecule has 1 aromatic carbocycles. The van der Waals surface area contributed by atoms with Crippen LogP contribution in [-0.4, -0.2) is 0 Å². The Hall–Kier alpha value is -0.850. The molecule has 0 spiro atoms. The van der Waals surface area contributed by atoms with Gasteiger partial charge in [0.15, 0.2) is 0 Å². The normalized spacial score (nSPS) is 11.8. The number of halogens is 1. The lowest BCUT2D eigenvalue weighted by Gasteiger charge is -2.19. The Morgan fingerprint density at radius 2 is 1.85 bits per heavy atom. The van der Waals surface area contributed by atoms with E-state index in [2.05, 4.69) is 20.8 Å². The summed E-state index contributed by atoms with van der Waals surface area (Å²) < 4.78 is 12.8. The highest BCUT2D eigenvalue weighted by Gasteiger charge is 2.12. The monoisotopic (exact) mass is 180 g/mol. The minimum atomic E-state index is -0.143. The van der Waals surface area contributed by atoms with E-state index in [4.69, 9.17) is 0 Å². The van der Waals surface area contributed by atoms with Crippen LogP contribution in [0.4, 0.5) is 4.39 Å². The lowest BCUT2D eigenvalue weighted by Crippen LogP contribution is -2.10. The largest absolute Gasteiger partial charge is 0.207 e. The molecule has 0 radical (unpaired) electrons.